The van der Waals surface area contributed by atoms with Crippen LogP contribution in [0.15, 0.2) is 96.6 Å². The van der Waals surface area contributed by atoms with Crippen LogP contribution in [-0.4, -0.2) is 42.6 Å². The molecule has 0 radical (unpaired) electrons. The molecule has 0 N–H and O–H groups in total. The van der Waals surface area contributed by atoms with E-state index in [0.29, 0.717) is 44.3 Å². The number of hydrogen-bond acceptors (Lipinski definition) is 4. The SMILES string of the molecule is CCOC(=O)C(CCCCCCC=CCC1=C2c3ccc(OCc4ccccc4)cc3CCC2C2CC[C@H](OCc3ccccc3)[C@@]2(C)C1)CCC(F)(F)C(F)(F)C(F)(F)C(F)(F)F. The molecule has 1 fully saturated rings. The Labute approximate surface area is 370 Å². The van der Waals surface area contributed by atoms with Crippen LogP contribution in [-0.2, 0) is 33.9 Å². The third-order valence-corrected chi connectivity index (χ3v) is 13.6. The summed E-state index contributed by atoms with van der Waals surface area (Å²) in [5.74, 6) is -20.0. The molecule has 3 aliphatic rings. The van der Waals surface area contributed by atoms with Crippen LogP contribution in [0.2, 0.25) is 0 Å². The van der Waals surface area contributed by atoms with Gasteiger partial charge in [-0.15, -0.1) is 0 Å². The molecule has 3 unspecified atom stereocenters. The molecule has 5 atom stereocenters. The lowest BCUT2D eigenvalue weighted by Gasteiger charge is -2.48. The second-order valence-electron chi connectivity index (χ2n) is 17.9. The summed E-state index contributed by atoms with van der Waals surface area (Å²) < 4.78 is 139. The van der Waals surface area contributed by atoms with Crippen LogP contribution in [0.25, 0.3) is 5.57 Å². The van der Waals surface area contributed by atoms with Crippen LogP contribution in [0, 0.1) is 23.2 Å². The molecule has 64 heavy (non-hydrogen) atoms. The summed E-state index contributed by atoms with van der Waals surface area (Å²) in [5.41, 5.74) is 7.73. The fourth-order valence-electron chi connectivity index (χ4n) is 10.2. The number of benzene rings is 3. The van der Waals surface area contributed by atoms with Crippen molar-refractivity contribution in [3.8, 4) is 5.75 Å². The van der Waals surface area contributed by atoms with Crippen LogP contribution >= 0.6 is 0 Å². The Hall–Kier alpha value is -4.26. The van der Waals surface area contributed by atoms with Gasteiger partial charge in [0.05, 0.1) is 25.2 Å². The van der Waals surface area contributed by atoms with E-state index in [2.05, 4.69) is 49.4 Å². The van der Waals surface area contributed by atoms with E-state index in [1.54, 1.807) is 0 Å². The summed E-state index contributed by atoms with van der Waals surface area (Å²) in [6, 6.07) is 26.9. The Morgan fingerprint density at radius 2 is 1.45 bits per heavy atom. The molecular weight excluding hydrogens is 848 g/mol. The molecule has 0 bridgehead atoms. The number of halogens is 9. The molecule has 350 valence electrons. The predicted octanol–water partition coefficient (Wildman–Crippen LogP) is 14.7. The van der Waals surface area contributed by atoms with Gasteiger partial charge in [-0.05, 0) is 123 Å². The Morgan fingerprint density at radius 3 is 2.12 bits per heavy atom. The van der Waals surface area contributed by atoms with E-state index in [4.69, 9.17) is 14.2 Å². The van der Waals surface area contributed by atoms with E-state index in [1.807, 2.05) is 48.5 Å². The van der Waals surface area contributed by atoms with Gasteiger partial charge in [0, 0.05) is 11.8 Å². The number of alkyl halides is 9. The third-order valence-electron chi connectivity index (χ3n) is 13.6. The Morgan fingerprint density at radius 1 is 0.781 bits per heavy atom. The zero-order chi connectivity index (χ0) is 46.2. The molecule has 6 rings (SSSR count). The molecule has 3 aromatic rings. The molecule has 0 aromatic heterocycles. The van der Waals surface area contributed by atoms with Gasteiger partial charge in [0.15, 0.2) is 0 Å². The number of carbonyl (C=O) groups excluding carboxylic acids is 1. The first kappa shape index (κ1) is 49.2. The fraction of sp³-hybridized carbons (Fsp3) is 0.549. The molecule has 0 saturated heterocycles. The number of rotatable bonds is 22. The van der Waals surface area contributed by atoms with E-state index in [-0.39, 0.29) is 24.5 Å². The molecule has 0 heterocycles. The molecule has 4 nitrogen and oxygen atoms in total. The van der Waals surface area contributed by atoms with E-state index in [1.165, 1.54) is 29.2 Å². The van der Waals surface area contributed by atoms with Gasteiger partial charge < -0.3 is 14.2 Å². The van der Waals surface area contributed by atoms with Crippen molar-refractivity contribution in [1.82, 2.24) is 0 Å². The molecule has 3 aromatic carbocycles. The highest BCUT2D eigenvalue weighted by Crippen LogP contribution is 2.62. The van der Waals surface area contributed by atoms with Gasteiger partial charge >= 0.3 is 29.9 Å². The summed E-state index contributed by atoms with van der Waals surface area (Å²) in [6.07, 6.45) is 3.43. The Kier molecular flexibility index (Phi) is 16.1. The van der Waals surface area contributed by atoms with Gasteiger partial charge in [0.2, 0.25) is 0 Å². The maximum Gasteiger partial charge on any atom is 0.460 e. The number of esters is 1. The smallest absolute Gasteiger partial charge is 0.460 e. The third kappa shape index (κ3) is 11.0. The first-order chi connectivity index (χ1) is 30.4. The maximum atomic E-state index is 14.3. The van der Waals surface area contributed by atoms with Gasteiger partial charge in [0.25, 0.3) is 0 Å². The number of allylic oxidation sites excluding steroid dienone is 4. The average Bonchev–Trinajstić information content (AvgIpc) is 3.60. The highest BCUT2D eigenvalue weighted by atomic mass is 19.4. The number of unbranched alkanes of at least 4 members (excludes halogenated alkanes) is 4. The van der Waals surface area contributed by atoms with E-state index in [0.717, 1.165) is 68.2 Å². The number of carbonyl (C=O) groups is 1. The monoisotopic (exact) mass is 906 g/mol. The van der Waals surface area contributed by atoms with E-state index < -0.39 is 48.7 Å². The average molecular weight is 907 g/mol. The minimum Gasteiger partial charge on any atom is -0.489 e. The van der Waals surface area contributed by atoms with Gasteiger partial charge in [-0.3, -0.25) is 4.79 Å². The van der Waals surface area contributed by atoms with Crippen molar-refractivity contribution < 1.29 is 58.5 Å². The van der Waals surface area contributed by atoms with Crippen molar-refractivity contribution >= 4 is 11.5 Å². The maximum absolute atomic E-state index is 14.3. The van der Waals surface area contributed by atoms with Gasteiger partial charge in [-0.2, -0.15) is 39.5 Å². The van der Waals surface area contributed by atoms with Crippen molar-refractivity contribution in [2.24, 2.45) is 23.2 Å². The van der Waals surface area contributed by atoms with E-state index in [9.17, 15) is 44.3 Å². The lowest BCUT2D eigenvalue weighted by atomic mass is 9.57. The van der Waals surface area contributed by atoms with Crippen molar-refractivity contribution in [2.75, 3.05) is 6.61 Å². The predicted molar refractivity (Wildman–Crippen MR) is 228 cm³/mol. The summed E-state index contributed by atoms with van der Waals surface area (Å²) in [6.45, 7) is 4.77. The zero-order valence-corrected chi connectivity index (χ0v) is 36.5. The lowest BCUT2D eigenvalue weighted by molar-refractivity contribution is -0.396. The molecule has 3 aliphatic carbocycles. The number of ether oxygens (including phenoxy) is 3. The van der Waals surface area contributed by atoms with Gasteiger partial charge in [-0.25, -0.2) is 0 Å². The quantitative estimate of drug-likeness (QED) is 0.0436. The zero-order valence-electron chi connectivity index (χ0n) is 36.5. The first-order valence-corrected chi connectivity index (χ1v) is 22.6. The van der Waals surface area contributed by atoms with Crippen LogP contribution in [0.5, 0.6) is 5.75 Å². The molecule has 13 heteroatoms. The van der Waals surface area contributed by atoms with Crippen molar-refractivity contribution in [3.05, 3.63) is 119 Å². The summed E-state index contributed by atoms with van der Waals surface area (Å²) in [5, 5.41) is 0. The minimum absolute atomic E-state index is 0.0192. The van der Waals surface area contributed by atoms with Crippen LogP contribution in [0.3, 0.4) is 0 Å². The molecule has 0 spiro atoms. The first-order valence-electron chi connectivity index (χ1n) is 22.6. The number of aryl methyl sites for hydroxylation is 1. The van der Waals surface area contributed by atoms with Gasteiger partial charge in [0.1, 0.15) is 12.4 Å². The number of hydrogen-bond donors (Lipinski definition) is 0. The highest BCUT2D eigenvalue weighted by Gasteiger charge is 2.81. The van der Waals surface area contributed by atoms with Crippen LogP contribution in [0.1, 0.15) is 120 Å². The van der Waals surface area contributed by atoms with Crippen molar-refractivity contribution in [2.45, 2.75) is 147 Å². The van der Waals surface area contributed by atoms with Crippen molar-refractivity contribution in [1.29, 1.82) is 0 Å². The minimum atomic E-state index is -6.96. The van der Waals surface area contributed by atoms with Gasteiger partial charge in [-0.1, -0.05) is 111 Å². The summed E-state index contributed by atoms with van der Waals surface area (Å²) in [7, 11) is 0. The molecule has 1 saturated carbocycles. The largest absolute Gasteiger partial charge is 0.489 e. The second kappa shape index (κ2) is 20.9. The van der Waals surface area contributed by atoms with E-state index >= 15 is 0 Å². The molecular formula is C51H59F9O4. The Balaban J connectivity index is 1.07. The highest BCUT2D eigenvalue weighted by molar-refractivity contribution is 5.77. The second-order valence-corrected chi connectivity index (χ2v) is 17.9. The van der Waals surface area contributed by atoms with Crippen LogP contribution < -0.4 is 4.74 Å². The normalized spacial score (nSPS) is 22.0. The number of fused-ring (bicyclic) bond motifs is 5. The van der Waals surface area contributed by atoms with Crippen LogP contribution in [0.4, 0.5) is 39.5 Å². The molecule has 0 aliphatic heterocycles. The standard InChI is InChI=1S/C51H59F9O4/c1-3-62-46(61)37(29-30-48(52,53)49(54,55)50(56,57)51(58,59)60)21-15-7-5-4-6-8-16-22-39-32-47(2)43(27-28-44(47)64-34-36-19-13-10-14-20-36)42-25-23-38-31-40(24-26-41(38)45(39)42)63-33-35-17-11-9-12-18-35/h8-14,16-20,24,26,31,37,42-44H,3-7,15,21-23,25,27-30,32-34H2,1-2H3/t37?,42?,43?,44-,47-/m0/s1. The fourth-order valence-corrected chi connectivity index (χ4v) is 10.2. The van der Waals surface area contributed by atoms with Crippen molar-refractivity contribution in [3.63, 3.8) is 0 Å². The lowest BCUT2D eigenvalue weighted by Crippen LogP contribution is -2.60. The summed E-state index contributed by atoms with van der Waals surface area (Å²) >= 11 is 0. The Bertz CT molecular complexity index is 2050. The summed E-state index contributed by atoms with van der Waals surface area (Å²) in [4.78, 5) is 12.5. The molecule has 0 amide bonds. The topological polar surface area (TPSA) is 44.8 Å².